The van der Waals surface area contributed by atoms with Crippen LogP contribution in [0.1, 0.15) is 5.56 Å². The highest BCUT2D eigenvalue weighted by Crippen LogP contribution is 2.39. The fourth-order valence-corrected chi connectivity index (χ4v) is 1.53. The summed E-state index contributed by atoms with van der Waals surface area (Å²) in [6, 6.07) is 6.78. The van der Waals surface area contributed by atoms with Crippen molar-refractivity contribution in [2.24, 2.45) is 0 Å². The van der Waals surface area contributed by atoms with Gasteiger partial charge in [0.1, 0.15) is 11.5 Å². The van der Waals surface area contributed by atoms with E-state index in [1.54, 1.807) is 6.07 Å². The van der Waals surface area contributed by atoms with Crippen LogP contribution in [-0.2, 0) is 6.18 Å². The summed E-state index contributed by atoms with van der Waals surface area (Å²) in [7, 11) is 1.32. The normalized spacial score (nSPS) is 11.5. The summed E-state index contributed by atoms with van der Waals surface area (Å²) in [6.07, 6.45) is -3.11. The number of hydrogen-bond donors (Lipinski definition) is 0. The van der Waals surface area contributed by atoms with Crippen molar-refractivity contribution in [3.05, 3.63) is 42.2 Å². The average Bonchev–Trinajstić information content (AvgIpc) is 2.80. The lowest BCUT2D eigenvalue weighted by Crippen LogP contribution is -2.07. The third-order valence-electron chi connectivity index (χ3n) is 2.32. The third-order valence-corrected chi connectivity index (χ3v) is 2.32. The van der Waals surface area contributed by atoms with E-state index >= 15 is 0 Å². The zero-order valence-corrected chi connectivity index (χ0v) is 8.91. The first-order valence-corrected chi connectivity index (χ1v) is 4.81. The Balaban J connectivity index is 2.59. The minimum Gasteiger partial charge on any atom is -0.497 e. The Labute approximate surface area is 95.6 Å². The number of halogens is 3. The fourth-order valence-electron chi connectivity index (χ4n) is 1.53. The Morgan fingerprint density at radius 2 is 1.94 bits per heavy atom. The molecule has 0 radical (unpaired) electrons. The Morgan fingerprint density at radius 3 is 2.47 bits per heavy atom. The Kier molecular flexibility index (Phi) is 2.83. The van der Waals surface area contributed by atoms with Crippen LogP contribution in [0.2, 0.25) is 0 Å². The van der Waals surface area contributed by atoms with Crippen LogP contribution < -0.4 is 4.74 Å². The Bertz CT molecular complexity index is 501. The van der Waals surface area contributed by atoms with Gasteiger partial charge in [-0.2, -0.15) is 13.2 Å². The van der Waals surface area contributed by atoms with Gasteiger partial charge < -0.3 is 9.15 Å². The second-order valence-corrected chi connectivity index (χ2v) is 3.39. The van der Waals surface area contributed by atoms with E-state index in [0.29, 0.717) is 0 Å². The fraction of sp³-hybridized carbons (Fsp3) is 0.167. The van der Waals surface area contributed by atoms with Crippen molar-refractivity contribution in [3.63, 3.8) is 0 Å². The molecule has 1 aromatic carbocycles. The molecule has 2 aromatic rings. The molecule has 0 bridgehead atoms. The summed E-state index contributed by atoms with van der Waals surface area (Å²) in [5.41, 5.74) is -0.768. The summed E-state index contributed by atoms with van der Waals surface area (Å²) in [5, 5.41) is 0. The molecule has 0 amide bonds. The zero-order chi connectivity index (χ0) is 12.5. The predicted octanol–water partition coefficient (Wildman–Crippen LogP) is 3.97. The van der Waals surface area contributed by atoms with Crippen molar-refractivity contribution in [3.8, 4) is 17.1 Å². The van der Waals surface area contributed by atoms with E-state index < -0.39 is 11.7 Å². The van der Waals surface area contributed by atoms with Gasteiger partial charge in [-0.1, -0.05) is 0 Å². The minimum atomic E-state index is -4.45. The molecule has 0 aliphatic rings. The van der Waals surface area contributed by atoms with Gasteiger partial charge >= 0.3 is 6.18 Å². The second kappa shape index (κ2) is 4.16. The first-order valence-electron chi connectivity index (χ1n) is 4.81. The SMILES string of the molecule is COc1ccc(-c2ccco2)c(C(F)(F)F)c1. The quantitative estimate of drug-likeness (QED) is 0.794. The molecular weight excluding hydrogens is 233 g/mol. The van der Waals surface area contributed by atoms with E-state index in [0.717, 1.165) is 6.07 Å². The van der Waals surface area contributed by atoms with Crippen LogP contribution in [-0.4, -0.2) is 7.11 Å². The van der Waals surface area contributed by atoms with E-state index in [-0.39, 0.29) is 17.1 Å². The molecule has 0 N–H and O–H groups in total. The summed E-state index contributed by atoms with van der Waals surface area (Å²) in [6.45, 7) is 0. The van der Waals surface area contributed by atoms with E-state index in [1.807, 2.05) is 0 Å². The van der Waals surface area contributed by atoms with Crippen LogP contribution in [0, 0.1) is 0 Å². The molecule has 0 aliphatic heterocycles. The van der Waals surface area contributed by atoms with E-state index in [1.165, 1.54) is 31.6 Å². The highest BCUT2D eigenvalue weighted by atomic mass is 19.4. The van der Waals surface area contributed by atoms with Gasteiger partial charge in [0.2, 0.25) is 0 Å². The summed E-state index contributed by atoms with van der Waals surface area (Å²) >= 11 is 0. The highest BCUT2D eigenvalue weighted by Gasteiger charge is 2.34. The average molecular weight is 242 g/mol. The number of furan rings is 1. The van der Waals surface area contributed by atoms with Crippen molar-refractivity contribution in [2.75, 3.05) is 7.11 Å². The van der Waals surface area contributed by atoms with Crippen molar-refractivity contribution in [1.29, 1.82) is 0 Å². The lowest BCUT2D eigenvalue weighted by atomic mass is 10.0. The standard InChI is InChI=1S/C12H9F3O2/c1-16-8-4-5-9(11-3-2-6-17-11)10(7-8)12(13,14)15/h2-7H,1H3. The van der Waals surface area contributed by atoms with Gasteiger partial charge in [-0.05, 0) is 30.3 Å². The third kappa shape index (κ3) is 2.27. The maximum Gasteiger partial charge on any atom is 0.417 e. The smallest absolute Gasteiger partial charge is 0.417 e. The van der Waals surface area contributed by atoms with Gasteiger partial charge in [0.25, 0.3) is 0 Å². The van der Waals surface area contributed by atoms with Crippen molar-refractivity contribution >= 4 is 0 Å². The van der Waals surface area contributed by atoms with Crippen LogP contribution in [0.5, 0.6) is 5.75 Å². The molecule has 17 heavy (non-hydrogen) atoms. The largest absolute Gasteiger partial charge is 0.497 e. The Hall–Kier alpha value is -1.91. The predicted molar refractivity (Wildman–Crippen MR) is 55.7 cm³/mol. The molecule has 1 heterocycles. The maximum absolute atomic E-state index is 12.9. The maximum atomic E-state index is 12.9. The first-order chi connectivity index (χ1) is 8.02. The molecule has 0 unspecified atom stereocenters. The van der Waals surface area contributed by atoms with Crippen LogP contribution >= 0.6 is 0 Å². The van der Waals surface area contributed by atoms with Gasteiger partial charge in [0.05, 0.1) is 18.9 Å². The van der Waals surface area contributed by atoms with Crippen molar-refractivity contribution in [2.45, 2.75) is 6.18 Å². The number of hydrogen-bond acceptors (Lipinski definition) is 2. The molecule has 0 saturated carbocycles. The molecule has 0 saturated heterocycles. The van der Waals surface area contributed by atoms with E-state index in [4.69, 9.17) is 9.15 Å². The number of benzene rings is 1. The summed E-state index contributed by atoms with van der Waals surface area (Å²) in [5.74, 6) is 0.340. The van der Waals surface area contributed by atoms with Crippen LogP contribution in [0.15, 0.2) is 41.0 Å². The number of methoxy groups -OCH3 is 1. The van der Waals surface area contributed by atoms with Gasteiger partial charge in [0.15, 0.2) is 0 Å². The summed E-state index contributed by atoms with van der Waals surface area (Å²) in [4.78, 5) is 0. The van der Waals surface area contributed by atoms with Gasteiger partial charge in [-0.15, -0.1) is 0 Å². The molecule has 0 atom stereocenters. The topological polar surface area (TPSA) is 22.4 Å². The monoisotopic (exact) mass is 242 g/mol. The van der Waals surface area contributed by atoms with Gasteiger partial charge in [0, 0.05) is 5.56 Å². The molecule has 2 rings (SSSR count). The van der Waals surface area contributed by atoms with E-state index in [9.17, 15) is 13.2 Å². The number of rotatable bonds is 2. The Morgan fingerprint density at radius 1 is 1.18 bits per heavy atom. The molecule has 0 spiro atoms. The molecule has 0 aliphatic carbocycles. The number of ether oxygens (including phenoxy) is 1. The molecule has 1 aromatic heterocycles. The molecule has 2 nitrogen and oxygen atoms in total. The first kappa shape index (κ1) is 11.6. The lowest BCUT2D eigenvalue weighted by molar-refractivity contribution is -0.137. The van der Waals surface area contributed by atoms with Crippen LogP contribution in [0.3, 0.4) is 0 Å². The second-order valence-electron chi connectivity index (χ2n) is 3.39. The van der Waals surface area contributed by atoms with Crippen LogP contribution in [0.4, 0.5) is 13.2 Å². The van der Waals surface area contributed by atoms with Crippen molar-refractivity contribution < 1.29 is 22.3 Å². The number of alkyl halides is 3. The molecule has 5 heteroatoms. The van der Waals surface area contributed by atoms with Crippen molar-refractivity contribution in [1.82, 2.24) is 0 Å². The van der Waals surface area contributed by atoms with Crippen LogP contribution in [0.25, 0.3) is 11.3 Å². The minimum absolute atomic E-state index is 0.00306. The zero-order valence-electron chi connectivity index (χ0n) is 8.91. The summed E-state index contributed by atoms with van der Waals surface area (Å²) < 4.78 is 48.4. The molecule has 0 fully saturated rings. The molecular formula is C12H9F3O2. The molecule has 90 valence electrons. The lowest BCUT2D eigenvalue weighted by Gasteiger charge is -2.12. The highest BCUT2D eigenvalue weighted by molar-refractivity contribution is 5.64. The van der Waals surface area contributed by atoms with E-state index in [2.05, 4.69) is 0 Å². The van der Waals surface area contributed by atoms with Gasteiger partial charge in [-0.3, -0.25) is 0 Å². The van der Waals surface area contributed by atoms with Gasteiger partial charge in [-0.25, -0.2) is 0 Å².